The Labute approximate surface area is 110 Å². The van der Waals surface area contributed by atoms with Crippen molar-refractivity contribution in [3.8, 4) is 11.8 Å². The third-order valence-corrected chi connectivity index (χ3v) is 3.26. The molecule has 96 valence electrons. The molecule has 2 rings (SSSR count). The SMILES string of the molecule is CN1CCN(Cc2cccc(C#CCN)c2)CC1. The fourth-order valence-corrected chi connectivity index (χ4v) is 2.16. The Hall–Kier alpha value is -1.34. The van der Waals surface area contributed by atoms with Gasteiger partial charge in [0.05, 0.1) is 6.54 Å². The van der Waals surface area contributed by atoms with Crippen molar-refractivity contribution in [1.29, 1.82) is 0 Å². The minimum atomic E-state index is 0.419. The summed E-state index contributed by atoms with van der Waals surface area (Å²) >= 11 is 0. The molecule has 0 aromatic heterocycles. The quantitative estimate of drug-likeness (QED) is 0.778. The van der Waals surface area contributed by atoms with Crippen LogP contribution in [0.4, 0.5) is 0 Å². The largest absolute Gasteiger partial charge is 0.320 e. The Kier molecular flexibility index (Phi) is 4.77. The van der Waals surface area contributed by atoms with Crippen LogP contribution in [0.15, 0.2) is 24.3 Å². The molecule has 1 heterocycles. The maximum absolute atomic E-state index is 5.39. The smallest absolute Gasteiger partial charge is 0.0555 e. The Balaban J connectivity index is 1.96. The van der Waals surface area contributed by atoms with Crippen molar-refractivity contribution < 1.29 is 0 Å². The Bertz CT molecular complexity index is 437. The van der Waals surface area contributed by atoms with Gasteiger partial charge >= 0.3 is 0 Å². The summed E-state index contributed by atoms with van der Waals surface area (Å²) < 4.78 is 0. The van der Waals surface area contributed by atoms with Crippen LogP contribution in [-0.2, 0) is 6.54 Å². The van der Waals surface area contributed by atoms with E-state index in [-0.39, 0.29) is 0 Å². The molecule has 18 heavy (non-hydrogen) atoms. The van der Waals surface area contributed by atoms with Crippen LogP contribution in [0.3, 0.4) is 0 Å². The Morgan fingerprint density at radius 1 is 1.22 bits per heavy atom. The van der Waals surface area contributed by atoms with Gasteiger partial charge in [-0.1, -0.05) is 24.0 Å². The molecule has 1 aliphatic heterocycles. The van der Waals surface area contributed by atoms with E-state index in [1.54, 1.807) is 0 Å². The number of nitrogens with zero attached hydrogens (tertiary/aromatic N) is 2. The van der Waals surface area contributed by atoms with Crippen LogP contribution in [0, 0.1) is 11.8 Å². The lowest BCUT2D eigenvalue weighted by molar-refractivity contribution is 0.148. The topological polar surface area (TPSA) is 32.5 Å². The zero-order valence-corrected chi connectivity index (χ0v) is 11.0. The first-order valence-electron chi connectivity index (χ1n) is 6.47. The summed E-state index contributed by atoms with van der Waals surface area (Å²) in [6.45, 7) is 6.05. The van der Waals surface area contributed by atoms with Crippen LogP contribution < -0.4 is 5.73 Å². The van der Waals surface area contributed by atoms with E-state index in [1.165, 1.54) is 5.56 Å². The monoisotopic (exact) mass is 243 g/mol. The van der Waals surface area contributed by atoms with Crippen molar-refractivity contribution in [2.45, 2.75) is 6.54 Å². The maximum atomic E-state index is 5.39. The molecular formula is C15H21N3. The predicted molar refractivity (Wildman–Crippen MR) is 75.1 cm³/mol. The normalized spacial score (nSPS) is 17.2. The summed E-state index contributed by atoms with van der Waals surface area (Å²) in [5.74, 6) is 5.99. The molecule has 0 amide bonds. The van der Waals surface area contributed by atoms with Crippen molar-refractivity contribution >= 4 is 0 Å². The number of rotatable bonds is 2. The highest BCUT2D eigenvalue weighted by atomic mass is 15.2. The molecule has 0 unspecified atom stereocenters. The first-order chi connectivity index (χ1) is 8.78. The molecule has 1 saturated heterocycles. The van der Waals surface area contributed by atoms with E-state index in [9.17, 15) is 0 Å². The van der Waals surface area contributed by atoms with E-state index < -0.39 is 0 Å². The molecule has 0 bridgehead atoms. The van der Waals surface area contributed by atoms with Crippen molar-refractivity contribution in [2.75, 3.05) is 39.8 Å². The summed E-state index contributed by atoms with van der Waals surface area (Å²) in [7, 11) is 2.18. The second-order valence-electron chi connectivity index (χ2n) is 4.79. The van der Waals surface area contributed by atoms with E-state index in [0.717, 1.165) is 38.3 Å². The van der Waals surface area contributed by atoms with E-state index in [1.807, 2.05) is 6.07 Å². The summed E-state index contributed by atoms with van der Waals surface area (Å²) in [6.07, 6.45) is 0. The second kappa shape index (κ2) is 6.55. The standard InChI is InChI=1S/C15H21N3/c1-17-8-10-18(11-9-17)13-15-5-2-4-14(12-15)6-3-7-16/h2,4-5,12H,7-11,13,16H2,1H3. The average molecular weight is 243 g/mol. The number of likely N-dealkylation sites (N-methyl/N-ethyl adjacent to an activating group) is 1. The lowest BCUT2D eigenvalue weighted by atomic mass is 10.1. The van der Waals surface area contributed by atoms with Crippen LogP contribution in [-0.4, -0.2) is 49.6 Å². The Morgan fingerprint density at radius 2 is 2.00 bits per heavy atom. The fourth-order valence-electron chi connectivity index (χ4n) is 2.16. The van der Waals surface area contributed by atoms with Gasteiger partial charge in [-0.3, -0.25) is 4.90 Å². The van der Waals surface area contributed by atoms with E-state index in [0.29, 0.717) is 6.54 Å². The van der Waals surface area contributed by atoms with Gasteiger partial charge in [0.15, 0.2) is 0 Å². The molecule has 2 N–H and O–H groups in total. The second-order valence-corrected chi connectivity index (χ2v) is 4.79. The molecule has 3 nitrogen and oxygen atoms in total. The highest BCUT2D eigenvalue weighted by Crippen LogP contribution is 2.09. The van der Waals surface area contributed by atoms with Gasteiger partial charge in [0.2, 0.25) is 0 Å². The molecule has 0 radical (unpaired) electrons. The van der Waals surface area contributed by atoms with Crippen LogP contribution >= 0.6 is 0 Å². The van der Waals surface area contributed by atoms with Gasteiger partial charge in [-0.2, -0.15) is 0 Å². The Morgan fingerprint density at radius 3 is 2.72 bits per heavy atom. The molecule has 1 aromatic carbocycles. The van der Waals surface area contributed by atoms with Gasteiger partial charge in [-0.25, -0.2) is 0 Å². The van der Waals surface area contributed by atoms with Gasteiger partial charge in [-0.15, -0.1) is 0 Å². The van der Waals surface area contributed by atoms with Gasteiger partial charge in [-0.05, 0) is 24.7 Å². The van der Waals surface area contributed by atoms with Gasteiger partial charge in [0.25, 0.3) is 0 Å². The van der Waals surface area contributed by atoms with Gasteiger partial charge < -0.3 is 10.6 Å². The first-order valence-corrected chi connectivity index (χ1v) is 6.47. The molecular weight excluding hydrogens is 222 g/mol. The zero-order chi connectivity index (χ0) is 12.8. The molecule has 0 saturated carbocycles. The minimum Gasteiger partial charge on any atom is -0.320 e. The summed E-state index contributed by atoms with van der Waals surface area (Å²) in [4.78, 5) is 4.87. The molecule has 1 aliphatic rings. The number of hydrogen-bond donors (Lipinski definition) is 1. The van der Waals surface area contributed by atoms with Crippen LogP contribution in [0.5, 0.6) is 0 Å². The first kappa shape index (κ1) is 13.1. The lowest BCUT2D eigenvalue weighted by Gasteiger charge is -2.32. The zero-order valence-electron chi connectivity index (χ0n) is 11.0. The molecule has 0 aliphatic carbocycles. The molecule has 0 spiro atoms. The van der Waals surface area contributed by atoms with Crippen molar-refractivity contribution in [3.63, 3.8) is 0 Å². The number of piperazine rings is 1. The van der Waals surface area contributed by atoms with Crippen LogP contribution in [0.25, 0.3) is 0 Å². The van der Waals surface area contributed by atoms with Crippen LogP contribution in [0.1, 0.15) is 11.1 Å². The predicted octanol–water partition coefficient (Wildman–Crippen LogP) is 0.744. The summed E-state index contributed by atoms with van der Waals surface area (Å²) in [5, 5.41) is 0. The minimum absolute atomic E-state index is 0.419. The summed E-state index contributed by atoms with van der Waals surface area (Å²) in [6, 6.07) is 8.45. The number of hydrogen-bond acceptors (Lipinski definition) is 3. The third kappa shape index (κ3) is 3.85. The fraction of sp³-hybridized carbons (Fsp3) is 0.467. The molecule has 1 aromatic rings. The van der Waals surface area contributed by atoms with E-state index in [4.69, 9.17) is 5.73 Å². The van der Waals surface area contributed by atoms with Crippen molar-refractivity contribution in [3.05, 3.63) is 35.4 Å². The van der Waals surface area contributed by atoms with Crippen LogP contribution in [0.2, 0.25) is 0 Å². The van der Waals surface area contributed by atoms with Gasteiger partial charge in [0.1, 0.15) is 0 Å². The molecule has 0 atom stereocenters. The molecule has 1 fully saturated rings. The average Bonchev–Trinajstić information content (AvgIpc) is 2.40. The summed E-state index contributed by atoms with van der Waals surface area (Å²) in [5.41, 5.74) is 7.79. The van der Waals surface area contributed by atoms with Gasteiger partial charge in [0, 0.05) is 38.3 Å². The molecule has 3 heteroatoms. The lowest BCUT2D eigenvalue weighted by Crippen LogP contribution is -2.43. The van der Waals surface area contributed by atoms with E-state index in [2.05, 4.69) is 46.9 Å². The third-order valence-electron chi connectivity index (χ3n) is 3.26. The number of nitrogens with two attached hydrogens (primary N) is 1. The maximum Gasteiger partial charge on any atom is 0.0555 e. The van der Waals surface area contributed by atoms with Crippen molar-refractivity contribution in [1.82, 2.24) is 9.80 Å². The van der Waals surface area contributed by atoms with E-state index >= 15 is 0 Å². The number of benzene rings is 1. The van der Waals surface area contributed by atoms with Crippen molar-refractivity contribution in [2.24, 2.45) is 5.73 Å². The highest BCUT2D eigenvalue weighted by molar-refractivity contribution is 5.37. The highest BCUT2D eigenvalue weighted by Gasteiger charge is 2.13.